The lowest BCUT2D eigenvalue weighted by molar-refractivity contribution is -0.384. The number of halogens is 1. The maximum atomic E-state index is 12.5. The van der Waals surface area contributed by atoms with E-state index in [1.807, 2.05) is 39.0 Å². The first-order valence-corrected chi connectivity index (χ1v) is 11.8. The second-order valence-corrected chi connectivity index (χ2v) is 8.68. The van der Waals surface area contributed by atoms with Crippen molar-refractivity contribution in [1.29, 1.82) is 5.26 Å². The van der Waals surface area contributed by atoms with Crippen molar-refractivity contribution in [1.82, 2.24) is 0 Å². The summed E-state index contributed by atoms with van der Waals surface area (Å²) in [6, 6.07) is 17.0. The van der Waals surface area contributed by atoms with Crippen LogP contribution in [-0.4, -0.2) is 24.0 Å². The van der Waals surface area contributed by atoms with E-state index in [-0.39, 0.29) is 18.2 Å². The Morgan fingerprint density at radius 1 is 1.17 bits per heavy atom. The van der Waals surface area contributed by atoms with Crippen molar-refractivity contribution in [3.63, 3.8) is 0 Å². The van der Waals surface area contributed by atoms with Gasteiger partial charge in [-0.15, -0.1) is 0 Å². The van der Waals surface area contributed by atoms with Gasteiger partial charge in [0, 0.05) is 17.8 Å². The number of allylic oxidation sites excluding steroid dienone is 1. The van der Waals surface area contributed by atoms with Crippen molar-refractivity contribution in [2.75, 3.05) is 18.5 Å². The molecule has 1 N–H and O–H groups in total. The normalized spacial score (nSPS) is 10.9. The van der Waals surface area contributed by atoms with Crippen LogP contribution in [0.2, 0.25) is 0 Å². The van der Waals surface area contributed by atoms with Gasteiger partial charge < -0.3 is 14.8 Å². The fraction of sp³-hybridized carbons (Fsp3) is 0.185. The quantitative estimate of drug-likeness (QED) is 0.142. The number of carbonyl (C=O) groups excluding carboxylic acids is 1. The second-order valence-electron chi connectivity index (χ2n) is 7.82. The van der Waals surface area contributed by atoms with E-state index in [0.717, 1.165) is 16.8 Å². The third-order valence-electron chi connectivity index (χ3n) is 5.38. The minimum absolute atomic E-state index is 0.0551. The number of ether oxygens (including phenoxy) is 2. The average molecular weight is 550 g/mol. The van der Waals surface area contributed by atoms with E-state index in [0.29, 0.717) is 39.3 Å². The van der Waals surface area contributed by atoms with Crippen LogP contribution in [0.3, 0.4) is 0 Å². The zero-order valence-electron chi connectivity index (χ0n) is 20.0. The second kappa shape index (κ2) is 12.0. The Hall–Kier alpha value is -4.16. The Morgan fingerprint density at radius 3 is 2.53 bits per heavy atom. The summed E-state index contributed by atoms with van der Waals surface area (Å²) in [5.74, 6) is 0.449. The number of amides is 1. The maximum Gasteiger partial charge on any atom is 0.269 e. The van der Waals surface area contributed by atoms with Gasteiger partial charge in [0.05, 0.1) is 27.6 Å². The highest BCUT2D eigenvalue weighted by molar-refractivity contribution is 9.10. The van der Waals surface area contributed by atoms with E-state index < -0.39 is 4.92 Å². The third-order valence-corrected chi connectivity index (χ3v) is 5.97. The van der Waals surface area contributed by atoms with Gasteiger partial charge in [-0.25, -0.2) is 0 Å². The minimum atomic E-state index is -0.494. The molecule has 0 saturated heterocycles. The number of nitro groups is 1. The molecule has 3 rings (SSSR count). The molecule has 9 heteroatoms. The molecule has 0 aromatic heterocycles. The van der Waals surface area contributed by atoms with Crippen LogP contribution in [0.25, 0.3) is 11.6 Å². The topological polar surface area (TPSA) is 114 Å². The Bertz CT molecular complexity index is 1360. The van der Waals surface area contributed by atoms with E-state index in [1.54, 1.807) is 18.2 Å². The smallest absolute Gasteiger partial charge is 0.269 e. The summed E-state index contributed by atoms with van der Waals surface area (Å²) in [6.07, 6.45) is 1.64. The fourth-order valence-corrected chi connectivity index (χ4v) is 3.97. The van der Waals surface area contributed by atoms with Crippen LogP contribution < -0.4 is 14.8 Å². The SMILES string of the molecule is CCOc1cc(/C=C(\C#N)c2ccc([N+](=O)[O-])cc2)cc(Br)c1OCC(=O)Nc1cccc(C)c1C. The van der Waals surface area contributed by atoms with E-state index in [1.165, 1.54) is 24.3 Å². The van der Waals surface area contributed by atoms with Crippen molar-refractivity contribution >= 4 is 44.9 Å². The zero-order chi connectivity index (χ0) is 26.2. The summed E-state index contributed by atoms with van der Waals surface area (Å²) in [5, 5.41) is 23.4. The molecular formula is C27H24BrN3O5. The van der Waals surface area contributed by atoms with Crippen LogP contribution in [0.4, 0.5) is 11.4 Å². The molecule has 184 valence electrons. The standard InChI is InChI=1S/C27H24BrN3O5/c1-4-35-25-14-19(12-21(15-29)20-8-10-22(11-9-20)31(33)34)13-23(28)27(25)36-16-26(32)30-24-7-5-6-17(2)18(24)3/h5-14H,4,16H2,1-3H3,(H,30,32)/b21-12+. The van der Waals surface area contributed by atoms with Crippen LogP contribution in [0.15, 0.2) is 59.1 Å². The van der Waals surface area contributed by atoms with Crippen LogP contribution in [-0.2, 0) is 4.79 Å². The van der Waals surface area contributed by atoms with Gasteiger partial charge in [-0.05, 0) is 95.4 Å². The fourth-order valence-electron chi connectivity index (χ4n) is 3.39. The van der Waals surface area contributed by atoms with Gasteiger partial charge in [0.15, 0.2) is 18.1 Å². The number of nitrogens with one attached hydrogen (secondary N) is 1. The molecule has 0 unspecified atom stereocenters. The Kier molecular flexibility index (Phi) is 8.81. The average Bonchev–Trinajstić information content (AvgIpc) is 2.85. The number of nitriles is 1. The Balaban J connectivity index is 1.82. The molecule has 0 aliphatic rings. The predicted octanol–water partition coefficient (Wildman–Crippen LogP) is 6.45. The van der Waals surface area contributed by atoms with Crippen molar-refractivity contribution in [3.05, 3.63) is 91.4 Å². The van der Waals surface area contributed by atoms with Gasteiger partial charge in [-0.3, -0.25) is 14.9 Å². The molecule has 0 spiro atoms. The van der Waals surface area contributed by atoms with Gasteiger partial charge in [0.25, 0.3) is 11.6 Å². The number of hydrogen-bond acceptors (Lipinski definition) is 6. The van der Waals surface area contributed by atoms with Crippen molar-refractivity contribution in [3.8, 4) is 17.6 Å². The monoisotopic (exact) mass is 549 g/mol. The van der Waals surface area contributed by atoms with Gasteiger partial charge in [0.1, 0.15) is 0 Å². The molecule has 3 aromatic rings. The molecular weight excluding hydrogens is 526 g/mol. The largest absolute Gasteiger partial charge is 0.490 e. The van der Waals surface area contributed by atoms with E-state index in [4.69, 9.17) is 9.47 Å². The van der Waals surface area contributed by atoms with Crippen LogP contribution in [0, 0.1) is 35.3 Å². The number of rotatable bonds is 9. The number of anilines is 1. The van der Waals surface area contributed by atoms with Crippen molar-refractivity contribution < 1.29 is 19.2 Å². The number of carbonyl (C=O) groups is 1. The number of benzene rings is 3. The molecule has 36 heavy (non-hydrogen) atoms. The number of non-ortho nitro benzene ring substituents is 1. The van der Waals surface area contributed by atoms with Crippen molar-refractivity contribution in [2.45, 2.75) is 20.8 Å². The highest BCUT2D eigenvalue weighted by atomic mass is 79.9. The maximum absolute atomic E-state index is 12.5. The Labute approximate surface area is 217 Å². The van der Waals surface area contributed by atoms with Crippen LogP contribution in [0.1, 0.15) is 29.2 Å². The molecule has 0 fully saturated rings. The molecule has 3 aromatic carbocycles. The summed E-state index contributed by atoms with van der Waals surface area (Å²) in [4.78, 5) is 22.9. The van der Waals surface area contributed by atoms with E-state index in [9.17, 15) is 20.2 Å². The number of aryl methyl sites for hydroxylation is 1. The van der Waals surface area contributed by atoms with Gasteiger partial charge >= 0.3 is 0 Å². The highest BCUT2D eigenvalue weighted by Gasteiger charge is 2.15. The molecule has 0 heterocycles. The molecule has 0 bridgehead atoms. The third kappa shape index (κ3) is 6.49. The minimum Gasteiger partial charge on any atom is -0.490 e. The van der Waals surface area contributed by atoms with Crippen LogP contribution >= 0.6 is 15.9 Å². The first kappa shape index (κ1) is 26.4. The highest BCUT2D eigenvalue weighted by Crippen LogP contribution is 2.38. The van der Waals surface area contributed by atoms with Gasteiger partial charge in [-0.1, -0.05) is 12.1 Å². The summed E-state index contributed by atoms with van der Waals surface area (Å²) in [6.45, 7) is 5.87. The summed E-state index contributed by atoms with van der Waals surface area (Å²) in [5.41, 5.74) is 4.24. The molecule has 0 atom stereocenters. The lowest BCUT2D eigenvalue weighted by Gasteiger charge is -2.15. The molecule has 0 aliphatic heterocycles. The summed E-state index contributed by atoms with van der Waals surface area (Å²) >= 11 is 3.48. The summed E-state index contributed by atoms with van der Waals surface area (Å²) < 4.78 is 12.1. The number of nitrogens with zero attached hydrogens (tertiary/aromatic N) is 2. The van der Waals surface area contributed by atoms with Crippen LogP contribution in [0.5, 0.6) is 11.5 Å². The van der Waals surface area contributed by atoms with Crippen molar-refractivity contribution in [2.24, 2.45) is 0 Å². The van der Waals surface area contributed by atoms with E-state index in [2.05, 4.69) is 27.3 Å². The van der Waals surface area contributed by atoms with Gasteiger partial charge in [0.2, 0.25) is 0 Å². The lowest BCUT2D eigenvalue weighted by Crippen LogP contribution is -2.21. The summed E-state index contributed by atoms with van der Waals surface area (Å²) in [7, 11) is 0. The van der Waals surface area contributed by atoms with E-state index >= 15 is 0 Å². The first-order valence-electron chi connectivity index (χ1n) is 11.0. The predicted molar refractivity (Wildman–Crippen MR) is 142 cm³/mol. The molecule has 0 radical (unpaired) electrons. The molecule has 1 amide bonds. The molecule has 0 saturated carbocycles. The first-order chi connectivity index (χ1) is 17.2. The lowest BCUT2D eigenvalue weighted by atomic mass is 10.0. The Morgan fingerprint density at radius 2 is 1.89 bits per heavy atom. The van der Waals surface area contributed by atoms with Gasteiger partial charge in [-0.2, -0.15) is 5.26 Å². The zero-order valence-corrected chi connectivity index (χ0v) is 21.6. The number of hydrogen-bond donors (Lipinski definition) is 1. The molecule has 0 aliphatic carbocycles. The number of nitro benzene ring substituents is 1. The molecule has 8 nitrogen and oxygen atoms in total.